The minimum absolute atomic E-state index is 0.150. The zero-order valence-electron chi connectivity index (χ0n) is 19.3. The summed E-state index contributed by atoms with van der Waals surface area (Å²) < 4.78 is 4.84. The van der Waals surface area contributed by atoms with Crippen LogP contribution in [0.3, 0.4) is 0 Å². The van der Waals surface area contributed by atoms with Gasteiger partial charge in [-0.25, -0.2) is 0 Å². The molecule has 0 aromatic heterocycles. The van der Waals surface area contributed by atoms with E-state index in [4.69, 9.17) is 10.5 Å². The number of hydrogen-bond acceptors (Lipinski definition) is 5. The van der Waals surface area contributed by atoms with E-state index in [1.807, 2.05) is 0 Å². The van der Waals surface area contributed by atoms with E-state index in [0.29, 0.717) is 36.0 Å². The van der Waals surface area contributed by atoms with Gasteiger partial charge in [0.15, 0.2) is 0 Å². The van der Waals surface area contributed by atoms with E-state index in [2.05, 4.69) is 20.8 Å². The Kier molecular flexibility index (Phi) is 6.04. The van der Waals surface area contributed by atoms with Gasteiger partial charge in [0, 0.05) is 12.5 Å². The van der Waals surface area contributed by atoms with Crippen LogP contribution in [0, 0.1) is 46.3 Å². The zero-order chi connectivity index (χ0) is 21.8. The Morgan fingerprint density at radius 2 is 1.87 bits per heavy atom. The summed E-state index contributed by atoms with van der Waals surface area (Å²) in [6.45, 7) is 6.94. The molecule has 0 spiro atoms. The van der Waals surface area contributed by atoms with Crippen LogP contribution >= 0.6 is 0 Å². The summed E-state index contributed by atoms with van der Waals surface area (Å²) >= 11 is 0. The van der Waals surface area contributed by atoms with Gasteiger partial charge in [-0.05, 0) is 97.7 Å². The number of aliphatic hydroxyl groups excluding tert-OH is 2. The molecule has 0 amide bonds. The lowest BCUT2D eigenvalue weighted by atomic mass is 9.43. The van der Waals surface area contributed by atoms with Crippen molar-refractivity contribution in [2.45, 2.75) is 96.8 Å². The van der Waals surface area contributed by atoms with Crippen LogP contribution in [0.1, 0.15) is 78.6 Å². The van der Waals surface area contributed by atoms with E-state index >= 15 is 0 Å². The predicted octanol–water partition coefficient (Wildman–Crippen LogP) is 3.50. The summed E-state index contributed by atoms with van der Waals surface area (Å²) in [6.07, 6.45) is 7.69. The van der Waals surface area contributed by atoms with Crippen molar-refractivity contribution in [1.82, 2.24) is 0 Å². The fourth-order valence-corrected chi connectivity index (χ4v) is 8.84. The van der Waals surface area contributed by atoms with Crippen LogP contribution < -0.4 is 5.73 Å². The average Bonchev–Trinajstić information content (AvgIpc) is 3.06. The third-order valence-electron chi connectivity index (χ3n) is 10.6. The van der Waals surface area contributed by atoms with Gasteiger partial charge in [-0.3, -0.25) is 4.79 Å². The molecule has 0 heterocycles. The fourth-order valence-electron chi connectivity index (χ4n) is 8.84. The molecule has 172 valence electrons. The van der Waals surface area contributed by atoms with E-state index in [1.54, 1.807) is 0 Å². The molecule has 0 bridgehead atoms. The van der Waals surface area contributed by atoms with Crippen molar-refractivity contribution in [3.05, 3.63) is 0 Å². The predicted molar refractivity (Wildman–Crippen MR) is 116 cm³/mol. The smallest absolute Gasteiger partial charge is 0.305 e. The molecule has 5 heteroatoms. The van der Waals surface area contributed by atoms with Gasteiger partial charge >= 0.3 is 5.97 Å². The molecule has 0 radical (unpaired) electrons. The van der Waals surface area contributed by atoms with E-state index in [1.165, 1.54) is 7.11 Å². The second-order valence-corrected chi connectivity index (χ2v) is 11.7. The van der Waals surface area contributed by atoms with E-state index in [0.717, 1.165) is 51.4 Å². The zero-order valence-corrected chi connectivity index (χ0v) is 19.3. The van der Waals surface area contributed by atoms with Crippen molar-refractivity contribution in [2.75, 3.05) is 7.11 Å². The first-order valence-corrected chi connectivity index (χ1v) is 12.3. The number of nitrogens with two attached hydrogens (primary N) is 1. The highest BCUT2D eigenvalue weighted by molar-refractivity contribution is 5.69. The summed E-state index contributed by atoms with van der Waals surface area (Å²) in [5, 5.41) is 22.9. The average molecular weight is 422 g/mol. The van der Waals surface area contributed by atoms with E-state index in [9.17, 15) is 15.0 Å². The van der Waals surface area contributed by atoms with Crippen molar-refractivity contribution in [2.24, 2.45) is 52.1 Å². The SMILES string of the molecule is COC(=O)CC[C@@H](C)[C@H]1CC[C@H]2[C@@H]3[C@H](O)CC4C[C@H](N)CC[C@]4(C)[C@H]3C[C@H](O)[C@]12C. The normalized spacial score (nSPS) is 51.4. The van der Waals surface area contributed by atoms with Crippen LogP contribution in [0.5, 0.6) is 0 Å². The lowest BCUT2D eigenvalue weighted by Crippen LogP contribution is -2.62. The first-order chi connectivity index (χ1) is 14.1. The van der Waals surface area contributed by atoms with Crippen LogP contribution in [0.4, 0.5) is 0 Å². The van der Waals surface area contributed by atoms with E-state index < -0.39 is 0 Å². The van der Waals surface area contributed by atoms with Crippen molar-refractivity contribution in [1.29, 1.82) is 0 Å². The molecule has 0 aromatic rings. The molecule has 1 unspecified atom stereocenters. The van der Waals surface area contributed by atoms with Crippen LogP contribution in [-0.2, 0) is 9.53 Å². The number of esters is 1. The molecule has 11 atom stereocenters. The maximum Gasteiger partial charge on any atom is 0.305 e. The third kappa shape index (κ3) is 3.34. The molecule has 5 nitrogen and oxygen atoms in total. The van der Waals surface area contributed by atoms with Crippen molar-refractivity contribution in [3.8, 4) is 0 Å². The van der Waals surface area contributed by atoms with Gasteiger partial charge in [-0.1, -0.05) is 20.8 Å². The van der Waals surface area contributed by atoms with Gasteiger partial charge in [0.05, 0.1) is 19.3 Å². The van der Waals surface area contributed by atoms with Crippen LogP contribution in [0.2, 0.25) is 0 Å². The molecule has 4 fully saturated rings. The summed E-state index contributed by atoms with van der Waals surface area (Å²) in [7, 11) is 1.45. The molecule has 4 aliphatic rings. The minimum Gasteiger partial charge on any atom is -0.469 e. The van der Waals surface area contributed by atoms with E-state index in [-0.39, 0.29) is 41.0 Å². The maximum absolute atomic E-state index is 11.7. The number of hydrogen-bond donors (Lipinski definition) is 3. The van der Waals surface area contributed by atoms with Crippen LogP contribution in [0.25, 0.3) is 0 Å². The van der Waals surface area contributed by atoms with Gasteiger partial charge in [-0.2, -0.15) is 0 Å². The number of carbonyl (C=O) groups is 1. The largest absolute Gasteiger partial charge is 0.469 e. The Morgan fingerprint density at radius 1 is 1.13 bits per heavy atom. The number of fused-ring (bicyclic) bond motifs is 5. The molecule has 4 rings (SSSR count). The molecular weight excluding hydrogens is 378 g/mol. The van der Waals surface area contributed by atoms with Gasteiger partial charge in [-0.15, -0.1) is 0 Å². The number of rotatable bonds is 4. The molecule has 0 saturated heterocycles. The third-order valence-corrected chi connectivity index (χ3v) is 10.6. The van der Waals surface area contributed by atoms with Crippen LogP contribution in [-0.4, -0.2) is 41.5 Å². The van der Waals surface area contributed by atoms with Crippen molar-refractivity contribution < 1.29 is 19.7 Å². The minimum atomic E-state index is -0.338. The quantitative estimate of drug-likeness (QED) is 0.604. The number of carbonyl (C=O) groups excluding carboxylic acids is 1. The summed E-state index contributed by atoms with van der Waals surface area (Å²) in [5.41, 5.74) is 6.31. The summed E-state index contributed by atoms with van der Waals surface area (Å²) in [4.78, 5) is 11.7. The standard InChI is InChI=1S/C25H43NO4/c1-14(5-8-22(29)30-4)17-6-7-18-23-19(13-21(28)25(17,18)3)24(2)10-9-16(26)11-15(24)12-20(23)27/h14-21,23,27-28H,5-13,26H2,1-4H3/t14-,15?,16-,17-,18+,19+,20-,21+,23+,24+,25-/m1/s1. The van der Waals surface area contributed by atoms with Gasteiger partial charge in [0.25, 0.3) is 0 Å². The Hall–Kier alpha value is -0.650. The lowest BCUT2D eigenvalue weighted by Gasteiger charge is -2.63. The Morgan fingerprint density at radius 3 is 2.57 bits per heavy atom. The summed E-state index contributed by atoms with van der Waals surface area (Å²) in [6, 6.07) is 0.261. The monoisotopic (exact) mass is 421 g/mol. The number of ether oxygens (including phenoxy) is 1. The number of aliphatic hydroxyl groups is 2. The lowest BCUT2D eigenvalue weighted by molar-refractivity contribution is -0.202. The number of methoxy groups -OCH3 is 1. The second-order valence-electron chi connectivity index (χ2n) is 11.7. The Bertz CT molecular complexity index is 655. The highest BCUT2D eigenvalue weighted by Crippen LogP contribution is 2.68. The Balaban J connectivity index is 1.58. The van der Waals surface area contributed by atoms with Crippen molar-refractivity contribution in [3.63, 3.8) is 0 Å². The Labute approximate surface area is 182 Å². The van der Waals surface area contributed by atoms with Gasteiger partial charge < -0.3 is 20.7 Å². The highest BCUT2D eigenvalue weighted by Gasteiger charge is 2.65. The topological polar surface area (TPSA) is 92.8 Å². The molecule has 4 N–H and O–H groups in total. The molecule has 0 aromatic carbocycles. The molecule has 0 aliphatic heterocycles. The maximum atomic E-state index is 11.7. The molecule has 4 aliphatic carbocycles. The summed E-state index contributed by atoms with van der Waals surface area (Å²) in [5.74, 6) is 2.11. The second kappa shape index (κ2) is 8.04. The highest BCUT2D eigenvalue weighted by atomic mass is 16.5. The van der Waals surface area contributed by atoms with Gasteiger partial charge in [0.1, 0.15) is 0 Å². The van der Waals surface area contributed by atoms with Gasteiger partial charge in [0.2, 0.25) is 0 Å². The van der Waals surface area contributed by atoms with Crippen LogP contribution in [0.15, 0.2) is 0 Å². The fraction of sp³-hybridized carbons (Fsp3) is 0.960. The molecular formula is C25H43NO4. The van der Waals surface area contributed by atoms with Crippen molar-refractivity contribution >= 4 is 5.97 Å². The molecule has 4 saturated carbocycles. The first-order valence-electron chi connectivity index (χ1n) is 12.3. The molecule has 30 heavy (non-hydrogen) atoms. The first kappa shape index (κ1) is 22.5.